The zero-order valence-corrected chi connectivity index (χ0v) is 11.0. The molecular formula is C12H22N2O2S. The summed E-state index contributed by atoms with van der Waals surface area (Å²) in [5, 5.41) is 12.4. The number of thioether (sulfide) groups is 1. The van der Waals surface area contributed by atoms with Gasteiger partial charge in [-0.05, 0) is 19.3 Å². The number of aliphatic hydroxyl groups excluding tert-OH is 1. The van der Waals surface area contributed by atoms with Crippen molar-refractivity contribution in [2.24, 2.45) is 0 Å². The van der Waals surface area contributed by atoms with Crippen molar-refractivity contribution >= 4 is 17.7 Å². The lowest BCUT2D eigenvalue weighted by Crippen LogP contribution is -2.49. The summed E-state index contributed by atoms with van der Waals surface area (Å²) in [4.78, 5) is 14.1. The van der Waals surface area contributed by atoms with E-state index in [1.165, 1.54) is 6.42 Å². The van der Waals surface area contributed by atoms with Crippen molar-refractivity contribution in [3.8, 4) is 0 Å². The molecular weight excluding hydrogens is 236 g/mol. The molecule has 1 unspecified atom stereocenters. The molecule has 1 saturated heterocycles. The highest BCUT2D eigenvalue weighted by molar-refractivity contribution is 7.99. The largest absolute Gasteiger partial charge is 0.395 e. The molecule has 1 atom stereocenters. The fraction of sp³-hybridized carbons (Fsp3) is 0.917. The van der Waals surface area contributed by atoms with Crippen molar-refractivity contribution in [3.63, 3.8) is 0 Å². The Bertz CT molecular complexity index is 253. The number of carbonyl (C=O) groups is 1. The second-order valence-electron chi connectivity index (χ2n) is 4.83. The molecule has 0 bridgehead atoms. The van der Waals surface area contributed by atoms with Crippen LogP contribution < -0.4 is 5.32 Å². The van der Waals surface area contributed by atoms with E-state index in [4.69, 9.17) is 5.11 Å². The number of nitrogens with one attached hydrogen (secondary N) is 1. The average Bonchev–Trinajstić information content (AvgIpc) is 2.27. The maximum Gasteiger partial charge on any atom is 0.224 e. The fourth-order valence-electron chi connectivity index (χ4n) is 2.40. The monoisotopic (exact) mass is 258 g/mol. The third-order valence-corrected chi connectivity index (χ3v) is 4.73. The highest BCUT2D eigenvalue weighted by Crippen LogP contribution is 2.25. The van der Waals surface area contributed by atoms with E-state index >= 15 is 0 Å². The molecule has 1 aliphatic heterocycles. The molecule has 1 amide bonds. The van der Waals surface area contributed by atoms with Crippen molar-refractivity contribution in [2.75, 3.05) is 31.2 Å². The summed E-state index contributed by atoms with van der Waals surface area (Å²) in [6.07, 6.45) is 4.03. The van der Waals surface area contributed by atoms with Crippen molar-refractivity contribution in [2.45, 2.75) is 37.8 Å². The van der Waals surface area contributed by atoms with Gasteiger partial charge in [0.15, 0.2) is 0 Å². The number of nitrogens with zero attached hydrogens (tertiary/aromatic N) is 1. The van der Waals surface area contributed by atoms with Gasteiger partial charge < -0.3 is 15.3 Å². The average molecular weight is 258 g/mol. The standard InChI is InChI=1S/C12H22N2O2S/c15-6-5-14(11-2-1-3-11)12(16)8-10-9-17-7-4-13-10/h10-11,13,15H,1-9H2. The molecule has 1 aliphatic carbocycles. The van der Waals surface area contributed by atoms with Crippen LogP contribution in [0.15, 0.2) is 0 Å². The summed E-state index contributed by atoms with van der Waals surface area (Å²) >= 11 is 1.92. The van der Waals surface area contributed by atoms with E-state index in [2.05, 4.69) is 5.32 Å². The van der Waals surface area contributed by atoms with E-state index in [1.54, 1.807) is 0 Å². The molecule has 0 aromatic carbocycles. The van der Waals surface area contributed by atoms with Gasteiger partial charge in [0.1, 0.15) is 0 Å². The van der Waals surface area contributed by atoms with Crippen LogP contribution in [0.3, 0.4) is 0 Å². The minimum Gasteiger partial charge on any atom is -0.395 e. The van der Waals surface area contributed by atoms with Crippen LogP contribution >= 0.6 is 11.8 Å². The first-order valence-corrected chi connectivity index (χ1v) is 7.68. The van der Waals surface area contributed by atoms with E-state index in [-0.39, 0.29) is 12.5 Å². The first-order chi connectivity index (χ1) is 8.31. The van der Waals surface area contributed by atoms with Crippen molar-refractivity contribution in [1.29, 1.82) is 0 Å². The van der Waals surface area contributed by atoms with Crippen LogP contribution in [0.5, 0.6) is 0 Å². The zero-order valence-electron chi connectivity index (χ0n) is 10.2. The highest BCUT2D eigenvalue weighted by Gasteiger charge is 2.29. The van der Waals surface area contributed by atoms with Gasteiger partial charge >= 0.3 is 0 Å². The van der Waals surface area contributed by atoms with Crippen LogP contribution in [0.25, 0.3) is 0 Å². The van der Waals surface area contributed by atoms with Crippen LogP contribution in [0.4, 0.5) is 0 Å². The number of aliphatic hydroxyl groups is 1. The smallest absolute Gasteiger partial charge is 0.224 e. The molecule has 0 radical (unpaired) electrons. The Hall–Kier alpha value is -0.260. The summed E-state index contributed by atoms with van der Waals surface area (Å²) in [6, 6.07) is 0.716. The fourth-order valence-corrected chi connectivity index (χ4v) is 3.34. The van der Waals surface area contributed by atoms with Crippen molar-refractivity contribution < 1.29 is 9.90 Å². The van der Waals surface area contributed by atoms with Gasteiger partial charge in [-0.15, -0.1) is 0 Å². The van der Waals surface area contributed by atoms with Gasteiger partial charge in [-0.3, -0.25) is 4.79 Å². The topological polar surface area (TPSA) is 52.6 Å². The van der Waals surface area contributed by atoms with Crippen LogP contribution in [0.2, 0.25) is 0 Å². The predicted molar refractivity (Wildman–Crippen MR) is 70.2 cm³/mol. The van der Waals surface area contributed by atoms with Gasteiger partial charge in [-0.1, -0.05) is 0 Å². The Morgan fingerprint density at radius 2 is 2.29 bits per heavy atom. The maximum atomic E-state index is 12.2. The van der Waals surface area contributed by atoms with Gasteiger partial charge in [0, 0.05) is 43.1 Å². The first kappa shape index (κ1) is 13.2. The summed E-state index contributed by atoms with van der Waals surface area (Å²) in [5.74, 6) is 2.39. The van der Waals surface area contributed by atoms with Gasteiger partial charge in [-0.25, -0.2) is 0 Å². The molecule has 0 aromatic heterocycles. The molecule has 1 heterocycles. The summed E-state index contributed by atoms with van der Waals surface area (Å²) in [5.41, 5.74) is 0. The predicted octanol–water partition coefficient (Wildman–Crippen LogP) is 0.455. The molecule has 5 heteroatoms. The highest BCUT2D eigenvalue weighted by atomic mass is 32.2. The Labute approximate surface area is 107 Å². The lowest BCUT2D eigenvalue weighted by molar-refractivity contribution is -0.136. The minimum atomic E-state index is 0.0785. The molecule has 2 aliphatic rings. The number of carbonyl (C=O) groups excluding carboxylic acids is 1. The van der Waals surface area contributed by atoms with E-state index in [0.717, 1.165) is 30.9 Å². The number of hydrogen-bond acceptors (Lipinski definition) is 4. The molecule has 0 aromatic rings. The van der Waals surface area contributed by atoms with Gasteiger partial charge in [0.25, 0.3) is 0 Å². The minimum absolute atomic E-state index is 0.0785. The lowest BCUT2D eigenvalue weighted by atomic mass is 9.91. The normalized spacial score (nSPS) is 25.4. The molecule has 2 rings (SSSR count). The Morgan fingerprint density at radius 3 is 2.82 bits per heavy atom. The zero-order chi connectivity index (χ0) is 12.1. The van der Waals surface area contributed by atoms with Crippen LogP contribution in [0, 0.1) is 0 Å². The number of hydrogen-bond donors (Lipinski definition) is 2. The molecule has 17 heavy (non-hydrogen) atoms. The number of amides is 1. The second-order valence-corrected chi connectivity index (χ2v) is 5.98. The molecule has 1 saturated carbocycles. The third kappa shape index (κ3) is 3.60. The van der Waals surface area contributed by atoms with Crippen molar-refractivity contribution in [3.05, 3.63) is 0 Å². The molecule has 2 N–H and O–H groups in total. The molecule has 2 fully saturated rings. The summed E-state index contributed by atoms with van der Waals surface area (Å²) in [6.45, 7) is 1.59. The maximum absolute atomic E-state index is 12.2. The Balaban J connectivity index is 1.81. The van der Waals surface area contributed by atoms with Crippen LogP contribution in [0.1, 0.15) is 25.7 Å². The number of rotatable bonds is 5. The van der Waals surface area contributed by atoms with Gasteiger partial charge in [0.2, 0.25) is 5.91 Å². The van der Waals surface area contributed by atoms with E-state index in [0.29, 0.717) is 25.0 Å². The molecule has 98 valence electrons. The summed E-state index contributed by atoms with van der Waals surface area (Å²) < 4.78 is 0. The van der Waals surface area contributed by atoms with Crippen LogP contribution in [-0.2, 0) is 4.79 Å². The van der Waals surface area contributed by atoms with E-state index in [9.17, 15) is 4.79 Å². The Morgan fingerprint density at radius 1 is 1.47 bits per heavy atom. The van der Waals surface area contributed by atoms with Crippen molar-refractivity contribution in [1.82, 2.24) is 10.2 Å². The lowest BCUT2D eigenvalue weighted by Gasteiger charge is -2.38. The quantitative estimate of drug-likeness (QED) is 0.752. The molecule has 0 spiro atoms. The van der Waals surface area contributed by atoms with E-state index < -0.39 is 0 Å². The van der Waals surface area contributed by atoms with Gasteiger partial charge in [0.05, 0.1) is 6.61 Å². The first-order valence-electron chi connectivity index (χ1n) is 6.52. The van der Waals surface area contributed by atoms with Crippen LogP contribution in [-0.4, -0.2) is 59.2 Å². The second kappa shape index (κ2) is 6.61. The molecule has 4 nitrogen and oxygen atoms in total. The SMILES string of the molecule is O=C(CC1CSCCN1)N(CCO)C1CCC1. The Kier molecular flexibility index (Phi) is 5.13. The third-order valence-electron chi connectivity index (χ3n) is 3.60. The van der Waals surface area contributed by atoms with Gasteiger partial charge in [-0.2, -0.15) is 11.8 Å². The summed E-state index contributed by atoms with van der Waals surface area (Å²) in [7, 11) is 0. The van der Waals surface area contributed by atoms with E-state index in [1.807, 2.05) is 16.7 Å².